The first-order valence-corrected chi connectivity index (χ1v) is 8.37. The van der Waals surface area contributed by atoms with Crippen LogP contribution in [0.2, 0.25) is 0 Å². The van der Waals surface area contributed by atoms with Crippen LogP contribution in [0.3, 0.4) is 0 Å². The Morgan fingerprint density at radius 3 is 1.96 bits per heavy atom. The number of ether oxygens (including phenoxy) is 2. The summed E-state index contributed by atoms with van der Waals surface area (Å²) in [5, 5.41) is 19.0. The van der Waals surface area contributed by atoms with E-state index in [1.807, 2.05) is 48.5 Å². The van der Waals surface area contributed by atoms with Crippen molar-refractivity contribution in [2.45, 2.75) is 12.8 Å². The van der Waals surface area contributed by atoms with Gasteiger partial charge in [0.15, 0.2) is 0 Å². The molecule has 0 spiro atoms. The second-order valence-corrected chi connectivity index (χ2v) is 5.76. The molecule has 2 aromatic carbocycles. The predicted molar refractivity (Wildman–Crippen MR) is 102 cm³/mol. The molecular formula is C22H24O4. The highest BCUT2D eigenvalue weighted by Gasteiger charge is 2.09. The van der Waals surface area contributed by atoms with Gasteiger partial charge in [0.25, 0.3) is 0 Å². The molecule has 0 aliphatic heterocycles. The minimum Gasteiger partial charge on any atom is -0.497 e. The van der Waals surface area contributed by atoms with Crippen LogP contribution in [0.25, 0.3) is 0 Å². The Kier molecular flexibility index (Phi) is 7.75. The number of rotatable bonds is 7. The van der Waals surface area contributed by atoms with Gasteiger partial charge in [0.05, 0.1) is 20.8 Å². The highest BCUT2D eigenvalue weighted by Crippen LogP contribution is 2.21. The maximum Gasteiger partial charge on any atom is 0.119 e. The van der Waals surface area contributed by atoms with Crippen molar-refractivity contribution in [1.29, 1.82) is 0 Å². The van der Waals surface area contributed by atoms with Crippen molar-refractivity contribution >= 4 is 0 Å². The van der Waals surface area contributed by atoms with Crippen LogP contribution >= 0.6 is 0 Å². The van der Waals surface area contributed by atoms with Crippen LogP contribution in [0.5, 0.6) is 11.5 Å². The maximum atomic E-state index is 9.92. The quantitative estimate of drug-likeness (QED) is 0.753. The summed E-state index contributed by atoms with van der Waals surface area (Å²) in [7, 11) is 3.26. The molecule has 0 saturated carbocycles. The zero-order valence-electron chi connectivity index (χ0n) is 15.2. The third-order valence-corrected chi connectivity index (χ3v) is 4.00. The minimum absolute atomic E-state index is 0.101. The van der Waals surface area contributed by atoms with Gasteiger partial charge in [0.1, 0.15) is 18.1 Å². The lowest BCUT2D eigenvalue weighted by Crippen LogP contribution is -2.04. The Hall–Kier alpha value is -2.74. The summed E-state index contributed by atoms with van der Waals surface area (Å²) in [6.45, 7) is -0.323. The fourth-order valence-corrected chi connectivity index (χ4v) is 2.68. The summed E-state index contributed by atoms with van der Waals surface area (Å²) >= 11 is 0. The average Bonchev–Trinajstić information content (AvgIpc) is 2.69. The zero-order valence-corrected chi connectivity index (χ0v) is 15.2. The summed E-state index contributed by atoms with van der Waals surface area (Å²) in [6, 6.07) is 15.5. The molecule has 0 saturated heterocycles. The van der Waals surface area contributed by atoms with Crippen LogP contribution in [0, 0.1) is 11.8 Å². The molecule has 0 unspecified atom stereocenters. The van der Waals surface area contributed by atoms with Crippen molar-refractivity contribution in [3.63, 3.8) is 0 Å². The summed E-state index contributed by atoms with van der Waals surface area (Å²) in [5.74, 6) is 7.25. The molecule has 2 N–H and O–H groups in total. The normalized spacial score (nSPS) is 11.2. The van der Waals surface area contributed by atoms with Gasteiger partial charge in [-0.25, -0.2) is 0 Å². The maximum absolute atomic E-state index is 9.92. The third-order valence-electron chi connectivity index (χ3n) is 4.00. The van der Waals surface area contributed by atoms with E-state index in [1.165, 1.54) is 0 Å². The molecule has 136 valence electrons. The van der Waals surface area contributed by atoms with E-state index < -0.39 is 0 Å². The largest absolute Gasteiger partial charge is 0.497 e. The molecule has 0 aromatic heterocycles. The second-order valence-electron chi connectivity index (χ2n) is 5.76. The van der Waals surface area contributed by atoms with Crippen LogP contribution in [0.1, 0.15) is 11.1 Å². The third kappa shape index (κ3) is 5.66. The zero-order chi connectivity index (χ0) is 18.8. The molecule has 0 heterocycles. The smallest absolute Gasteiger partial charge is 0.119 e. The van der Waals surface area contributed by atoms with Crippen molar-refractivity contribution in [3.8, 4) is 23.3 Å². The van der Waals surface area contributed by atoms with E-state index in [9.17, 15) is 5.11 Å². The van der Waals surface area contributed by atoms with Gasteiger partial charge >= 0.3 is 0 Å². The van der Waals surface area contributed by atoms with Crippen LogP contribution in [-0.4, -0.2) is 37.6 Å². The van der Waals surface area contributed by atoms with Gasteiger partial charge in [-0.2, -0.15) is 0 Å². The van der Waals surface area contributed by atoms with E-state index in [1.54, 1.807) is 14.2 Å². The lowest BCUT2D eigenvalue weighted by atomic mass is 9.95. The van der Waals surface area contributed by atoms with Gasteiger partial charge in [-0.1, -0.05) is 36.1 Å². The molecule has 0 bridgehead atoms. The first kappa shape index (κ1) is 19.6. The Morgan fingerprint density at radius 2 is 1.46 bits per heavy atom. The van der Waals surface area contributed by atoms with Gasteiger partial charge in [0.2, 0.25) is 0 Å². The molecule has 2 rings (SSSR count). The van der Waals surface area contributed by atoms with Crippen molar-refractivity contribution < 1.29 is 19.7 Å². The van der Waals surface area contributed by atoms with E-state index in [4.69, 9.17) is 14.6 Å². The Balaban J connectivity index is 2.35. The first-order valence-electron chi connectivity index (χ1n) is 8.37. The fourth-order valence-electron chi connectivity index (χ4n) is 2.68. The Labute approximate surface area is 154 Å². The Morgan fingerprint density at radius 1 is 0.885 bits per heavy atom. The highest BCUT2D eigenvalue weighted by molar-refractivity contribution is 5.43. The molecule has 0 radical (unpaired) electrons. The van der Waals surface area contributed by atoms with Crippen LogP contribution in [0.4, 0.5) is 0 Å². The second kappa shape index (κ2) is 10.3. The number of aliphatic hydroxyl groups is 2. The molecule has 4 nitrogen and oxygen atoms in total. The van der Waals surface area contributed by atoms with Gasteiger partial charge in [-0.05, 0) is 47.4 Å². The average molecular weight is 352 g/mol. The van der Waals surface area contributed by atoms with E-state index in [0.29, 0.717) is 12.8 Å². The SMILES string of the molecule is COc1cccc(C/C(C#CCO)=C(\CO)Cc2cccc(OC)c2)c1. The number of hydrogen-bond acceptors (Lipinski definition) is 4. The number of aliphatic hydroxyl groups excluding tert-OH is 2. The van der Waals surface area contributed by atoms with Crippen molar-refractivity contribution in [2.75, 3.05) is 27.4 Å². The monoisotopic (exact) mass is 352 g/mol. The summed E-state index contributed by atoms with van der Waals surface area (Å²) in [4.78, 5) is 0. The standard InChI is InChI=1S/C22H24O4/c1-25-21-9-3-6-17(14-21)12-19(8-5-11-23)20(16-24)13-18-7-4-10-22(15-18)26-2/h3-4,6-7,9-10,14-15,23-24H,11-13,16H2,1-2H3/b20-19-. The molecule has 0 amide bonds. The van der Waals surface area contributed by atoms with E-state index in [2.05, 4.69) is 11.8 Å². The fraction of sp³-hybridized carbons (Fsp3) is 0.273. The van der Waals surface area contributed by atoms with Gasteiger partial charge in [-0.15, -0.1) is 0 Å². The van der Waals surface area contributed by atoms with Crippen molar-refractivity contribution in [2.24, 2.45) is 0 Å². The highest BCUT2D eigenvalue weighted by atomic mass is 16.5. The molecule has 0 fully saturated rings. The van der Waals surface area contributed by atoms with Crippen LogP contribution in [0.15, 0.2) is 59.7 Å². The number of allylic oxidation sites excluding steroid dienone is 1. The lowest BCUT2D eigenvalue weighted by molar-refractivity contribution is 0.327. The summed E-state index contributed by atoms with van der Waals surface area (Å²) in [5.41, 5.74) is 3.69. The number of benzene rings is 2. The molecule has 26 heavy (non-hydrogen) atoms. The topological polar surface area (TPSA) is 58.9 Å². The molecule has 4 heteroatoms. The van der Waals surface area contributed by atoms with Crippen LogP contribution in [-0.2, 0) is 12.8 Å². The van der Waals surface area contributed by atoms with Gasteiger partial charge in [-0.3, -0.25) is 0 Å². The lowest BCUT2D eigenvalue weighted by Gasteiger charge is -2.12. The van der Waals surface area contributed by atoms with E-state index in [-0.39, 0.29) is 13.2 Å². The Bertz CT molecular complexity index is 812. The van der Waals surface area contributed by atoms with Crippen molar-refractivity contribution in [3.05, 3.63) is 70.8 Å². The van der Waals surface area contributed by atoms with Crippen LogP contribution < -0.4 is 9.47 Å². The molecular weight excluding hydrogens is 328 g/mol. The predicted octanol–water partition coefficient (Wildman–Crippen LogP) is 2.77. The summed E-state index contributed by atoms with van der Waals surface area (Å²) < 4.78 is 10.5. The van der Waals surface area contributed by atoms with E-state index in [0.717, 1.165) is 33.8 Å². The number of methoxy groups -OCH3 is 2. The first-order chi connectivity index (χ1) is 12.7. The van der Waals surface area contributed by atoms with E-state index >= 15 is 0 Å². The number of hydrogen-bond donors (Lipinski definition) is 2. The molecule has 0 aliphatic carbocycles. The van der Waals surface area contributed by atoms with Gasteiger partial charge in [0, 0.05) is 12.0 Å². The summed E-state index contributed by atoms with van der Waals surface area (Å²) in [6.07, 6.45) is 1.12. The molecule has 0 aliphatic rings. The van der Waals surface area contributed by atoms with Gasteiger partial charge < -0.3 is 19.7 Å². The molecule has 0 atom stereocenters. The van der Waals surface area contributed by atoms with Crippen molar-refractivity contribution in [1.82, 2.24) is 0 Å². The minimum atomic E-state index is -0.223. The molecule has 2 aromatic rings.